The molecule has 0 radical (unpaired) electrons. The first-order chi connectivity index (χ1) is 11.7. The summed E-state index contributed by atoms with van der Waals surface area (Å²) in [5.41, 5.74) is 4.71. The van der Waals surface area contributed by atoms with Crippen LogP contribution in [0.2, 0.25) is 0 Å². The van der Waals surface area contributed by atoms with Gasteiger partial charge in [0.15, 0.2) is 11.5 Å². The number of benzene rings is 1. The fourth-order valence-corrected chi connectivity index (χ4v) is 3.82. The highest BCUT2D eigenvalue weighted by molar-refractivity contribution is 5.80. The maximum atomic E-state index is 5.87. The van der Waals surface area contributed by atoms with E-state index in [1.807, 2.05) is 26.8 Å². The van der Waals surface area contributed by atoms with Crippen LogP contribution in [0.5, 0.6) is 11.5 Å². The first-order valence-corrected chi connectivity index (χ1v) is 8.94. The van der Waals surface area contributed by atoms with E-state index in [-0.39, 0.29) is 6.10 Å². The molecule has 0 spiro atoms. The first-order valence-electron chi connectivity index (χ1n) is 8.94. The van der Waals surface area contributed by atoms with Crippen molar-refractivity contribution >= 4 is 5.69 Å². The molecule has 3 aliphatic rings. The number of aromatic amines is 1. The number of nitrogens with zero attached hydrogens (tertiary/aromatic N) is 2. The second kappa shape index (κ2) is 6.04. The van der Waals surface area contributed by atoms with E-state index in [1.54, 1.807) is 0 Å². The van der Waals surface area contributed by atoms with E-state index in [0.717, 1.165) is 35.8 Å². The van der Waals surface area contributed by atoms with Crippen LogP contribution >= 0.6 is 0 Å². The van der Waals surface area contributed by atoms with Gasteiger partial charge in [-0.25, -0.2) is 0 Å². The molecule has 128 valence electrons. The molecule has 5 heteroatoms. The Morgan fingerprint density at radius 2 is 2.04 bits per heavy atom. The zero-order valence-electron chi connectivity index (χ0n) is 14.6. The predicted molar refractivity (Wildman–Crippen MR) is 95.1 cm³/mol. The first kappa shape index (κ1) is 15.4. The van der Waals surface area contributed by atoms with Crippen molar-refractivity contribution in [1.82, 2.24) is 10.2 Å². The van der Waals surface area contributed by atoms with Gasteiger partial charge in [-0.1, -0.05) is 0 Å². The van der Waals surface area contributed by atoms with E-state index in [2.05, 4.69) is 27.2 Å². The minimum absolute atomic E-state index is 0.120. The third-order valence-electron chi connectivity index (χ3n) is 4.87. The summed E-state index contributed by atoms with van der Waals surface area (Å²) in [6, 6.07) is 6.14. The highest BCUT2D eigenvalue weighted by Crippen LogP contribution is 2.46. The largest absolute Gasteiger partial charge is 0.490 e. The maximum absolute atomic E-state index is 5.87. The molecular weight excluding hydrogens is 302 g/mol. The van der Waals surface area contributed by atoms with Crippen LogP contribution in [0.1, 0.15) is 45.2 Å². The van der Waals surface area contributed by atoms with Crippen molar-refractivity contribution in [3.63, 3.8) is 0 Å². The van der Waals surface area contributed by atoms with Crippen molar-refractivity contribution in [1.29, 1.82) is 0 Å². The van der Waals surface area contributed by atoms with Crippen LogP contribution in [0.4, 0.5) is 5.69 Å². The molecule has 0 unspecified atom stereocenters. The van der Waals surface area contributed by atoms with E-state index >= 15 is 0 Å². The normalized spacial score (nSPS) is 16.6. The highest BCUT2D eigenvalue weighted by atomic mass is 16.5. The Balaban J connectivity index is 1.74. The number of piperidine rings is 1. The molecule has 0 atom stereocenters. The molecule has 3 aliphatic heterocycles. The van der Waals surface area contributed by atoms with E-state index in [9.17, 15) is 0 Å². The SMILES string of the molecule is CCOc1cc(-c2n[nH]c3c2N2CCC3CC2)ccc1OC(C)C. The molecule has 1 saturated heterocycles. The van der Waals surface area contributed by atoms with E-state index in [0.29, 0.717) is 12.5 Å². The number of fused-ring (bicyclic) bond motifs is 2. The molecule has 5 rings (SSSR count). The van der Waals surface area contributed by atoms with Gasteiger partial charge in [0, 0.05) is 24.6 Å². The molecule has 2 aromatic rings. The number of rotatable bonds is 5. The zero-order valence-corrected chi connectivity index (χ0v) is 14.6. The van der Waals surface area contributed by atoms with Crippen LogP contribution in [0, 0.1) is 0 Å². The number of aromatic nitrogens is 2. The zero-order chi connectivity index (χ0) is 16.7. The number of hydrogen-bond acceptors (Lipinski definition) is 4. The van der Waals surface area contributed by atoms with Crippen molar-refractivity contribution in [2.75, 3.05) is 24.6 Å². The molecule has 1 fully saturated rings. The molecule has 24 heavy (non-hydrogen) atoms. The summed E-state index contributed by atoms with van der Waals surface area (Å²) < 4.78 is 11.7. The lowest BCUT2D eigenvalue weighted by Gasteiger charge is -2.40. The third kappa shape index (κ3) is 2.52. The number of nitrogens with one attached hydrogen (secondary N) is 1. The number of anilines is 1. The number of H-pyrrole nitrogens is 1. The molecule has 5 nitrogen and oxygen atoms in total. The predicted octanol–water partition coefficient (Wildman–Crippen LogP) is 3.96. The van der Waals surface area contributed by atoms with Gasteiger partial charge >= 0.3 is 0 Å². The van der Waals surface area contributed by atoms with E-state index in [1.165, 1.54) is 24.2 Å². The average molecular weight is 327 g/mol. The summed E-state index contributed by atoms with van der Waals surface area (Å²) in [7, 11) is 0. The van der Waals surface area contributed by atoms with Crippen LogP contribution in [-0.2, 0) is 0 Å². The molecule has 1 aromatic heterocycles. The molecule has 0 aliphatic carbocycles. The Kier molecular flexibility index (Phi) is 3.87. The quantitative estimate of drug-likeness (QED) is 0.903. The molecule has 1 N–H and O–H groups in total. The van der Waals surface area contributed by atoms with Gasteiger partial charge in [0.2, 0.25) is 0 Å². The molecule has 1 aromatic carbocycles. The van der Waals surface area contributed by atoms with Gasteiger partial charge < -0.3 is 14.4 Å². The fraction of sp³-hybridized carbons (Fsp3) is 0.526. The Bertz CT molecular complexity index is 730. The van der Waals surface area contributed by atoms with Crippen molar-refractivity contribution in [3.05, 3.63) is 23.9 Å². The summed E-state index contributed by atoms with van der Waals surface area (Å²) in [6.07, 6.45) is 2.59. The van der Waals surface area contributed by atoms with Crippen molar-refractivity contribution in [2.45, 2.75) is 45.6 Å². The average Bonchev–Trinajstić information content (AvgIpc) is 3.04. The van der Waals surface area contributed by atoms with Gasteiger partial charge in [-0.2, -0.15) is 5.10 Å². The Hall–Kier alpha value is -2.17. The van der Waals surface area contributed by atoms with Gasteiger partial charge in [0.05, 0.1) is 24.1 Å². The van der Waals surface area contributed by atoms with Crippen molar-refractivity contribution in [2.24, 2.45) is 0 Å². The second-order valence-electron chi connectivity index (χ2n) is 6.86. The Labute approximate surface area is 143 Å². The van der Waals surface area contributed by atoms with E-state index < -0.39 is 0 Å². The van der Waals surface area contributed by atoms with Crippen LogP contribution in [0.3, 0.4) is 0 Å². The van der Waals surface area contributed by atoms with Gasteiger partial charge in [-0.15, -0.1) is 0 Å². The van der Waals surface area contributed by atoms with Crippen molar-refractivity contribution in [3.8, 4) is 22.8 Å². The Morgan fingerprint density at radius 1 is 1.25 bits per heavy atom. The van der Waals surface area contributed by atoms with Gasteiger partial charge in [-0.05, 0) is 51.8 Å². The minimum Gasteiger partial charge on any atom is -0.490 e. The maximum Gasteiger partial charge on any atom is 0.161 e. The lowest BCUT2D eigenvalue weighted by molar-refractivity contribution is 0.224. The smallest absolute Gasteiger partial charge is 0.161 e. The molecule has 2 bridgehead atoms. The van der Waals surface area contributed by atoms with Gasteiger partial charge in [-0.3, -0.25) is 5.10 Å². The topological polar surface area (TPSA) is 50.4 Å². The number of ether oxygens (including phenoxy) is 2. The summed E-state index contributed by atoms with van der Waals surface area (Å²) >= 11 is 0. The lowest BCUT2D eigenvalue weighted by Crippen LogP contribution is -2.38. The monoisotopic (exact) mass is 327 g/mol. The van der Waals surface area contributed by atoms with Crippen LogP contribution < -0.4 is 14.4 Å². The molecular formula is C19H25N3O2. The highest BCUT2D eigenvalue weighted by Gasteiger charge is 2.35. The molecule has 0 amide bonds. The second-order valence-corrected chi connectivity index (χ2v) is 6.86. The van der Waals surface area contributed by atoms with Gasteiger partial charge in [0.25, 0.3) is 0 Å². The third-order valence-corrected chi connectivity index (χ3v) is 4.87. The molecule has 0 saturated carbocycles. The summed E-state index contributed by atoms with van der Waals surface area (Å²) in [5.74, 6) is 2.22. The summed E-state index contributed by atoms with van der Waals surface area (Å²) in [6.45, 7) is 8.93. The minimum atomic E-state index is 0.120. The summed E-state index contributed by atoms with van der Waals surface area (Å²) in [4.78, 5) is 2.47. The van der Waals surface area contributed by atoms with Crippen LogP contribution in [-0.4, -0.2) is 36.0 Å². The van der Waals surface area contributed by atoms with Crippen LogP contribution in [0.15, 0.2) is 18.2 Å². The van der Waals surface area contributed by atoms with Crippen molar-refractivity contribution < 1.29 is 9.47 Å². The fourth-order valence-electron chi connectivity index (χ4n) is 3.82. The molecule has 4 heterocycles. The van der Waals surface area contributed by atoms with E-state index in [4.69, 9.17) is 9.47 Å². The Morgan fingerprint density at radius 3 is 2.75 bits per heavy atom. The standard InChI is InChI=1S/C19H25N3O2/c1-4-23-16-11-14(5-6-15(16)24-12(2)3)18-19-17(20-21-18)13-7-9-22(19)10-8-13/h5-6,11-13H,4,7-10H2,1-3H3,(H,20,21). The summed E-state index contributed by atoms with van der Waals surface area (Å²) in [5, 5.41) is 7.93. The van der Waals surface area contributed by atoms with Gasteiger partial charge in [0.1, 0.15) is 5.69 Å². The number of hydrogen-bond donors (Lipinski definition) is 1. The lowest BCUT2D eigenvalue weighted by atomic mass is 9.86. The van der Waals surface area contributed by atoms with Crippen LogP contribution in [0.25, 0.3) is 11.3 Å².